The maximum Gasteiger partial charge on any atom is 0.0642 e. The summed E-state index contributed by atoms with van der Waals surface area (Å²) in [5.74, 6) is 0.905. The van der Waals surface area contributed by atoms with Crippen molar-refractivity contribution in [3.63, 3.8) is 0 Å². The molecule has 1 N–H and O–H groups in total. The summed E-state index contributed by atoms with van der Waals surface area (Å²) in [5, 5.41) is 4.16. The summed E-state index contributed by atoms with van der Waals surface area (Å²) in [7, 11) is 1.98. The first-order valence-electron chi connectivity index (χ1n) is 8.37. The van der Waals surface area contributed by atoms with Crippen LogP contribution in [-0.4, -0.2) is 20.1 Å². The minimum atomic E-state index is 0.342. The topological polar surface area (TPSA) is 15.3 Å². The van der Waals surface area contributed by atoms with Crippen molar-refractivity contribution in [2.24, 2.45) is 5.92 Å². The second-order valence-corrected chi connectivity index (χ2v) is 6.70. The Hall–Kier alpha value is -0.730. The molecule has 2 nitrogen and oxygen atoms in total. The molecule has 3 heteroatoms. The van der Waals surface area contributed by atoms with Crippen molar-refractivity contribution in [3.8, 4) is 0 Å². The molecule has 2 atom stereocenters. The summed E-state index contributed by atoms with van der Waals surface area (Å²) in [4.78, 5) is 2.48. The number of rotatable bonds is 5. The van der Waals surface area contributed by atoms with Gasteiger partial charge in [0.2, 0.25) is 0 Å². The van der Waals surface area contributed by atoms with Gasteiger partial charge in [0.25, 0.3) is 0 Å². The maximum atomic E-state index is 6.55. The van der Waals surface area contributed by atoms with Crippen molar-refractivity contribution in [3.05, 3.63) is 28.8 Å². The van der Waals surface area contributed by atoms with E-state index in [9.17, 15) is 0 Å². The molecule has 1 aliphatic heterocycles. The van der Waals surface area contributed by atoms with Crippen LogP contribution < -0.4 is 10.2 Å². The molecule has 0 bridgehead atoms. The third kappa shape index (κ3) is 4.37. The minimum Gasteiger partial charge on any atom is -0.370 e. The van der Waals surface area contributed by atoms with Crippen LogP contribution in [0.1, 0.15) is 57.6 Å². The largest absolute Gasteiger partial charge is 0.370 e. The van der Waals surface area contributed by atoms with Crippen LogP contribution in [0.3, 0.4) is 0 Å². The quantitative estimate of drug-likeness (QED) is 0.821. The van der Waals surface area contributed by atoms with Crippen molar-refractivity contribution in [1.82, 2.24) is 5.32 Å². The lowest BCUT2D eigenvalue weighted by Crippen LogP contribution is -2.24. The number of benzene rings is 1. The van der Waals surface area contributed by atoms with Crippen molar-refractivity contribution < 1.29 is 0 Å². The molecule has 1 saturated heterocycles. The van der Waals surface area contributed by atoms with E-state index in [0.29, 0.717) is 6.04 Å². The van der Waals surface area contributed by atoms with Gasteiger partial charge in [-0.25, -0.2) is 0 Å². The second-order valence-electron chi connectivity index (χ2n) is 6.29. The molecular weight excluding hydrogens is 280 g/mol. The van der Waals surface area contributed by atoms with Gasteiger partial charge in [0.1, 0.15) is 0 Å². The molecule has 0 radical (unpaired) electrons. The van der Waals surface area contributed by atoms with E-state index in [0.717, 1.165) is 24.0 Å². The van der Waals surface area contributed by atoms with Crippen LogP contribution >= 0.6 is 11.6 Å². The summed E-state index contributed by atoms with van der Waals surface area (Å²) < 4.78 is 0. The van der Waals surface area contributed by atoms with Crippen LogP contribution in [0, 0.1) is 5.92 Å². The Bertz CT molecular complexity index is 447. The number of hydrogen-bond donors (Lipinski definition) is 1. The van der Waals surface area contributed by atoms with Crippen molar-refractivity contribution in [2.75, 3.05) is 25.0 Å². The average Bonchev–Trinajstić information content (AvgIpc) is 2.72. The molecule has 0 aliphatic carbocycles. The number of nitrogens with one attached hydrogen (secondary N) is 1. The lowest BCUT2D eigenvalue weighted by molar-refractivity contribution is 0.435. The van der Waals surface area contributed by atoms with Crippen LogP contribution in [0.4, 0.5) is 5.69 Å². The van der Waals surface area contributed by atoms with E-state index >= 15 is 0 Å². The Morgan fingerprint density at radius 2 is 2.14 bits per heavy atom. The predicted octanol–water partition coefficient (Wildman–Crippen LogP) is 5.03. The van der Waals surface area contributed by atoms with Gasteiger partial charge in [-0.05, 0) is 56.8 Å². The van der Waals surface area contributed by atoms with E-state index in [1.807, 2.05) is 7.05 Å². The first-order chi connectivity index (χ1) is 10.2. The second kappa shape index (κ2) is 8.05. The Morgan fingerprint density at radius 3 is 2.81 bits per heavy atom. The van der Waals surface area contributed by atoms with E-state index in [1.54, 1.807) is 0 Å². The molecule has 2 unspecified atom stereocenters. The van der Waals surface area contributed by atoms with Gasteiger partial charge in [0, 0.05) is 19.1 Å². The number of halogens is 1. The van der Waals surface area contributed by atoms with E-state index < -0.39 is 0 Å². The minimum absolute atomic E-state index is 0.342. The summed E-state index contributed by atoms with van der Waals surface area (Å²) in [6.45, 7) is 6.74. The monoisotopic (exact) mass is 308 g/mol. The van der Waals surface area contributed by atoms with Gasteiger partial charge in [-0.15, -0.1) is 0 Å². The third-order valence-corrected chi connectivity index (χ3v) is 5.09. The molecule has 21 heavy (non-hydrogen) atoms. The van der Waals surface area contributed by atoms with Crippen LogP contribution in [0.2, 0.25) is 5.02 Å². The van der Waals surface area contributed by atoms with E-state index in [1.165, 1.54) is 43.4 Å². The molecule has 1 fully saturated rings. The molecule has 1 aromatic carbocycles. The number of nitrogens with zero attached hydrogens (tertiary/aromatic N) is 1. The van der Waals surface area contributed by atoms with E-state index in [4.69, 9.17) is 11.6 Å². The maximum absolute atomic E-state index is 6.55. The molecule has 118 valence electrons. The Balaban J connectivity index is 2.07. The summed E-state index contributed by atoms with van der Waals surface area (Å²) in [5.41, 5.74) is 2.46. The van der Waals surface area contributed by atoms with Crippen molar-refractivity contribution in [1.29, 1.82) is 0 Å². The van der Waals surface area contributed by atoms with E-state index in [-0.39, 0.29) is 0 Å². The van der Waals surface area contributed by atoms with Crippen molar-refractivity contribution in [2.45, 2.75) is 52.0 Å². The summed E-state index contributed by atoms with van der Waals surface area (Å²) >= 11 is 6.55. The molecule has 1 heterocycles. The first kappa shape index (κ1) is 16.6. The van der Waals surface area contributed by atoms with Crippen LogP contribution in [0.25, 0.3) is 0 Å². The fourth-order valence-corrected chi connectivity index (χ4v) is 3.63. The highest BCUT2D eigenvalue weighted by atomic mass is 35.5. The van der Waals surface area contributed by atoms with Gasteiger partial charge in [0.05, 0.1) is 10.7 Å². The smallest absolute Gasteiger partial charge is 0.0642 e. The van der Waals surface area contributed by atoms with Gasteiger partial charge in [-0.1, -0.05) is 37.4 Å². The normalized spacial score (nSPS) is 21.1. The molecule has 0 amide bonds. The molecule has 2 rings (SSSR count). The van der Waals surface area contributed by atoms with Crippen molar-refractivity contribution >= 4 is 17.3 Å². The highest BCUT2D eigenvalue weighted by Crippen LogP contribution is 2.32. The van der Waals surface area contributed by atoms with Gasteiger partial charge in [-0.3, -0.25) is 0 Å². The van der Waals surface area contributed by atoms with Crippen LogP contribution in [0.5, 0.6) is 0 Å². The van der Waals surface area contributed by atoms with Crippen LogP contribution in [0.15, 0.2) is 18.2 Å². The Morgan fingerprint density at radius 1 is 1.33 bits per heavy atom. The van der Waals surface area contributed by atoms with Gasteiger partial charge >= 0.3 is 0 Å². The molecular formula is C18H29ClN2. The molecule has 0 spiro atoms. The van der Waals surface area contributed by atoms with Crippen LogP contribution in [-0.2, 0) is 0 Å². The molecule has 0 aromatic heterocycles. The zero-order valence-electron chi connectivity index (χ0n) is 13.7. The first-order valence-corrected chi connectivity index (χ1v) is 8.75. The average molecular weight is 309 g/mol. The standard InChI is InChI=1S/C18H29ClN2/c1-4-6-15-7-5-11-21(12-10-15)18-9-8-16(13-17(18)19)14(2)20-3/h8-9,13-15,20H,4-7,10-12H2,1-3H3. The van der Waals surface area contributed by atoms with E-state index in [2.05, 4.69) is 42.3 Å². The Labute approximate surface area is 134 Å². The van der Waals surface area contributed by atoms with Gasteiger partial charge in [0.15, 0.2) is 0 Å². The highest BCUT2D eigenvalue weighted by molar-refractivity contribution is 6.33. The fraction of sp³-hybridized carbons (Fsp3) is 0.667. The molecule has 0 saturated carbocycles. The molecule has 1 aliphatic rings. The fourth-order valence-electron chi connectivity index (χ4n) is 3.32. The Kier molecular flexibility index (Phi) is 6.38. The number of hydrogen-bond acceptors (Lipinski definition) is 2. The van der Waals surface area contributed by atoms with Gasteiger partial charge < -0.3 is 10.2 Å². The zero-order chi connectivity index (χ0) is 15.2. The SMILES string of the molecule is CCCC1CCCN(c2ccc(C(C)NC)cc2Cl)CC1. The predicted molar refractivity (Wildman–Crippen MR) is 93.4 cm³/mol. The van der Waals surface area contributed by atoms with Gasteiger partial charge in [-0.2, -0.15) is 0 Å². The third-order valence-electron chi connectivity index (χ3n) is 4.79. The highest BCUT2D eigenvalue weighted by Gasteiger charge is 2.18. The summed E-state index contributed by atoms with van der Waals surface area (Å²) in [6.07, 6.45) is 6.65. The number of anilines is 1. The lowest BCUT2D eigenvalue weighted by Gasteiger charge is -2.25. The molecule has 1 aromatic rings. The summed E-state index contributed by atoms with van der Waals surface area (Å²) in [6, 6.07) is 6.86. The lowest BCUT2D eigenvalue weighted by atomic mass is 9.96. The zero-order valence-corrected chi connectivity index (χ0v) is 14.4.